The highest BCUT2D eigenvalue weighted by molar-refractivity contribution is 7.85. The second-order valence-electron chi connectivity index (χ2n) is 3.31. The molecule has 0 saturated carbocycles. The van der Waals surface area contributed by atoms with Crippen molar-refractivity contribution in [3.63, 3.8) is 0 Å². The fourth-order valence-electron chi connectivity index (χ4n) is 1.08. The van der Waals surface area contributed by atoms with Crippen LogP contribution in [-0.4, -0.2) is 36.6 Å². The van der Waals surface area contributed by atoms with Gasteiger partial charge in [0.2, 0.25) is 0 Å². The highest BCUT2D eigenvalue weighted by Gasteiger charge is 2.12. The lowest BCUT2D eigenvalue weighted by molar-refractivity contribution is 0.211. The monoisotopic (exact) mass is 299 g/mol. The standard InChI is InChI=1S/C9H11Cl2NO4S/c10-4-6(13)5-12-9-3-7(17(14,15)16)1-2-8(9)11/h1-3,6,12-13H,4-5H2,(H,14,15,16). The number of halogens is 2. The summed E-state index contributed by atoms with van der Waals surface area (Å²) < 4.78 is 30.7. The molecular weight excluding hydrogens is 289 g/mol. The Morgan fingerprint density at radius 2 is 2.06 bits per heavy atom. The zero-order valence-corrected chi connectivity index (χ0v) is 10.9. The van der Waals surface area contributed by atoms with Crippen LogP contribution in [0.15, 0.2) is 23.1 Å². The Hall–Kier alpha value is -0.530. The van der Waals surface area contributed by atoms with Crippen LogP contribution in [0, 0.1) is 0 Å². The Bertz CT molecular complexity index is 492. The van der Waals surface area contributed by atoms with Crippen LogP contribution in [0.2, 0.25) is 5.02 Å². The van der Waals surface area contributed by atoms with Crippen molar-refractivity contribution in [3.05, 3.63) is 23.2 Å². The van der Waals surface area contributed by atoms with Gasteiger partial charge in [0.25, 0.3) is 10.1 Å². The van der Waals surface area contributed by atoms with E-state index in [-0.39, 0.29) is 22.3 Å². The molecule has 0 fully saturated rings. The number of hydrogen-bond donors (Lipinski definition) is 3. The van der Waals surface area contributed by atoms with E-state index in [2.05, 4.69) is 5.32 Å². The van der Waals surface area contributed by atoms with Gasteiger partial charge >= 0.3 is 0 Å². The molecule has 0 heterocycles. The van der Waals surface area contributed by atoms with Gasteiger partial charge in [-0.25, -0.2) is 0 Å². The SMILES string of the molecule is O=S(=O)(O)c1ccc(Cl)c(NCC(O)CCl)c1. The van der Waals surface area contributed by atoms with Crippen LogP contribution in [0.1, 0.15) is 0 Å². The van der Waals surface area contributed by atoms with Gasteiger partial charge in [0.05, 0.1) is 27.6 Å². The molecule has 1 unspecified atom stereocenters. The van der Waals surface area contributed by atoms with Crippen LogP contribution in [0.3, 0.4) is 0 Å². The predicted octanol–water partition coefficient (Wildman–Crippen LogP) is 1.60. The highest BCUT2D eigenvalue weighted by Crippen LogP contribution is 2.25. The van der Waals surface area contributed by atoms with Crippen molar-refractivity contribution in [2.45, 2.75) is 11.0 Å². The van der Waals surface area contributed by atoms with Gasteiger partial charge in [-0.05, 0) is 18.2 Å². The van der Waals surface area contributed by atoms with Crippen molar-refractivity contribution in [2.24, 2.45) is 0 Å². The smallest absolute Gasteiger partial charge is 0.294 e. The first-order valence-electron chi connectivity index (χ1n) is 4.59. The van der Waals surface area contributed by atoms with Gasteiger partial charge in [-0.2, -0.15) is 8.42 Å². The summed E-state index contributed by atoms with van der Waals surface area (Å²) >= 11 is 11.2. The van der Waals surface area contributed by atoms with E-state index in [1.165, 1.54) is 18.2 Å². The van der Waals surface area contributed by atoms with Gasteiger partial charge in [0, 0.05) is 6.54 Å². The molecule has 0 bridgehead atoms. The van der Waals surface area contributed by atoms with E-state index in [0.29, 0.717) is 5.69 Å². The minimum atomic E-state index is -4.27. The second-order valence-corrected chi connectivity index (χ2v) is 5.44. The molecule has 0 amide bonds. The van der Waals surface area contributed by atoms with Crippen LogP contribution < -0.4 is 5.32 Å². The quantitative estimate of drug-likeness (QED) is 0.568. The molecule has 1 aromatic rings. The Morgan fingerprint density at radius 3 is 2.59 bits per heavy atom. The normalized spacial score (nSPS) is 13.4. The first-order valence-corrected chi connectivity index (χ1v) is 6.95. The fourth-order valence-corrected chi connectivity index (χ4v) is 1.88. The van der Waals surface area contributed by atoms with Gasteiger partial charge in [0.15, 0.2) is 0 Å². The van der Waals surface area contributed by atoms with E-state index in [9.17, 15) is 13.5 Å². The number of hydrogen-bond acceptors (Lipinski definition) is 4. The minimum absolute atomic E-state index is 0.0443. The summed E-state index contributed by atoms with van der Waals surface area (Å²) in [5.74, 6) is 0.0443. The Morgan fingerprint density at radius 1 is 1.41 bits per heavy atom. The van der Waals surface area contributed by atoms with Crippen molar-refractivity contribution < 1.29 is 18.1 Å². The van der Waals surface area contributed by atoms with Gasteiger partial charge in [-0.3, -0.25) is 4.55 Å². The number of aliphatic hydroxyl groups excluding tert-OH is 1. The zero-order chi connectivity index (χ0) is 13.1. The Kier molecular flexibility index (Phi) is 5.03. The molecule has 0 aromatic heterocycles. The first kappa shape index (κ1) is 14.5. The van der Waals surface area contributed by atoms with E-state index in [4.69, 9.17) is 27.8 Å². The number of nitrogens with one attached hydrogen (secondary N) is 1. The molecule has 3 N–H and O–H groups in total. The van der Waals surface area contributed by atoms with E-state index >= 15 is 0 Å². The molecule has 5 nitrogen and oxygen atoms in total. The molecule has 0 aliphatic rings. The lowest BCUT2D eigenvalue weighted by Gasteiger charge is -2.12. The van der Waals surface area contributed by atoms with Crippen LogP contribution in [0.5, 0.6) is 0 Å². The van der Waals surface area contributed by atoms with Crippen LogP contribution in [0.25, 0.3) is 0 Å². The van der Waals surface area contributed by atoms with Crippen molar-refractivity contribution in [2.75, 3.05) is 17.7 Å². The molecule has 1 rings (SSSR count). The van der Waals surface area contributed by atoms with Gasteiger partial charge < -0.3 is 10.4 Å². The van der Waals surface area contributed by atoms with Crippen LogP contribution in [0.4, 0.5) is 5.69 Å². The largest absolute Gasteiger partial charge is 0.390 e. The zero-order valence-electron chi connectivity index (χ0n) is 8.60. The summed E-state index contributed by atoms with van der Waals surface area (Å²) in [6, 6.07) is 3.69. The molecule has 0 aliphatic heterocycles. The topological polar surface area (TPSA) is 86.6 Å². The summed E-state index contributed by atoms with van der Waals surface area (Å²) in [7, 11) is -4.27. The number of rotatable bonds is 5. The summed E-state index contributed by atoms with van der Waals surface area (Å²) in [6.45, 7) is 0.123. The number of alkyl halides is 1. The number of benzene rings is 1. The van der Waals surface area contributed by atoms with Crippen molar-refractivity contribution in [1.82, 2.24) is 0 Å². The third kappa shape index (κ3) is 4.33. The third-order valence-corrected chi connectivity index (χ3v) is 3.48. The maximum atomic E-state index is 10.9. The summed E-state index contributed by atoms with van der Waals surface area (Å²) in [6.07, 6.45) is -0.776. The molecule has 8 heteroatoms. The summed E-state index contributed by atoms with van der Waals surface area (Å²) in [5, 5.41) is 12.2. The number of aliphatic hydroxyl groups is 1. The molecular formula is C9H11Cl2NO4S. The summed E-state index contributed by atoms with van der Waals surface area (Å²) in [4.78, 5) is -0.273. The summed E-state index contributed by atoms with van der Waals surface area (Å²) in [5.41, 5.74) is 0.297. The minimum Gasteiger partial charge on any atom is -0.390 e. The molecule has 1 atom stereocenters. The lowest BCUT2D eigenvalue weighted by Crippen LogP contribution is -2.21. The molecule has 0 saturated heterocycles. The Balaban J connectivity index is 2.92. The van der Waals surface area contributed by atoms with E-state index < -0.39 is 16.2 Å². The fraction of sp³-hybridized carbons (Fsp3) is 0.333. The Labute approximate surface area is 109 Å². The van der Waals surface area contributed by atoms with Gasteiger partial charge in [0.1, 0.15) is 0 Å². The van der Waals surface area contributed by atoms with Crippen molar-refractivity contribution in [1.29, 1.82) is 0 Å². The lowest BCUT2D eigenvalue weighted by atomic mass is 10.3. The molecule has 1 aromatic carbocycles. The molecule has 17 heavy (non-hydrogen) atoms. The van der Waals surface area contributed by atoms with E-state index in [1.54, 1.807) is 0 Å². The predicted molar refractivity (Wildman–Crippen MR) is 66.5 cm³/mol. The average Bonchev–Trinajstić information content (AvgIpc) is 2.26. The average molecular weight is 300 g/mol. The van der Waals surface area contributed by atoms with Gasteiger partial charge in [-0.15, -0.1) is 11.6 Å². The van der Waals surface area contributed by atoms with Crippen LogP contribution in [-0.2, 0) is 10.1 Å². The molecule has 0 radical (unpaired) electrons. The van der Waals surface area contributed by atoms with Crippen molar-refractivity contribution >= 4 is 39.0 Å². The molecule has 0 aliphatic carbocycles. The number of anilines is 1. The highest BCUT2D eigenvalue weighted by atomic mass is 35.5. The third-order valence-electron chi connectivity index (χ3n) is 1.94. The van der Waals surface area contributed by atoms with Crippen molar-refractivity contribution in [3.8, 4) is 0 Å². The van der Waals surface area contributed by atoms with E-state index in [1.807, 2.05) is 0 Å². The van der Waals surface area contributed by atoms with Crippen LogP contribution >= 0.6 is 23.2 Å². The van der Waals surface area contributed by atoms with E-state index in [0.717, 1.165) is 0 Å². The maximum Gasteiger partial charge on any atom is 0.294 e. The molecule has 96 valence electrons. The second kappa shape index (κ2) is 5.88. The first-order chi connectivity index (χ1) is 7.84. The van der Waals surface area contributed by atoms with Gasteiger partial charge in [-0.1, -0.05) is 11.6 Å². The maximum absolute atomic E-state index is 10.9. The molecule has 0 spiro atoms.